The van der Waals surface area contributed by atoms with E-state index in [1.165, 1.54) is 0 Å². The molecule has 0 atom stereocenters. The first-order valence-corrected chi connectivity index (χ1v) is 19.7. The summed E-state index contributed by atoms with van der Waals surface area (Å²) in [6.07, 6.45) is 7.04. The average Bonchev–Trinajstić information content (AvgIpc) is 4.05. The van der Waals surface area contributed by atoms with Crippen LogP contribution in [0.25, 0.3) is 66.8 Å². The Morgan fingerprint density at radius 2 is 1.12 bits per heavy atom. The van der Waals surface area contributed by atoms with Crippen LogP contribution in [0.1, 0.15) is 0 Å². The van der Waals surface area contributed by atoms with Crippen LogP contribution >= 0.6 is 11.6 Å². The molecule has 2 fully saturated rings. The molecule has 8 aromatic rings. The number of hydrogen-bond acceptors (Lipinski definition) is 12. The number of fused-ring (bicyclic) bond motifs is 2. The molecule has 0 saturated carbocycles. The van der Waals surface area contributed by atoms with Crippen LogP contribution in [0, 0.1) is 0 Å². The van der Waals surface area contributed by atoms with Crippen molar-refractivity contribution in [1.82, 2.24) is 40.3 Å². The van der Waals surface area contributed by atoms with Gasteiger partial charge in [0, 0.05) is 84.0 Å². The second kappa shape index (κ2) is 17.1. The molecule has 2 saturated heterocycles. The SMILES string of the molecule is COc1ccc(-c2cc(N3CCOCC3)nc3c(-c4ccn[nH]4)nccc23)c(OC)c1.Clc1ccccc1-c1cc(N2CCOCC2)nc2c(-c3ccn[nH]3)nccc12. The molecule has 2 N–H and O–H groups in total. The van der Waals surface area contributed by atoms with Gasteiger partial charge >= 0.3 is 0 Å². The smallest absolute Gasteiger partial charge is 0.130 e. The number of morpholine rings is 2. The van der Waals surface area contributed by atoms with E-state index in [4.69, 9.17) is 40.5 Å². The molecule has 2 aromatic carbocycles. The Hall–Kier alpha value is -6.61. The number of hydrogen-bond donors (Lipinski definition) is 2. The molecule has 15 heteroatoms. The number of aromatic nitrogens is 8. The quantitative estimate of drug-likeness (QED) is 0.155. The summed E-state index contributed by atoms with van der Waals surface area (Å²) in [6, 6.07) is 25.8. The second-order valence-electron chi connectivity index (χ2n) is 13.9. The van der Waals surface area contributed by atoms with E-state index in [9.17, 15) is 0 Å². The van der Waals surface area contributed by atoms with Gasteiger partial charge in [0.15, 0.2) is 0 Å². The molecule has 0 spiro atoms. The Morgan fingerprint density at radius 1 is 0.576 bits per heavy atom. The molecule has 0 aliphatic carbocycles. The molecule has 0 unspecified atom stereocenters. The number of anilines is 2. The van der Waals surface area contributed by atoms with E-state index in [2.05, 4.69) is 52.3 Å². The summed E-state index contributed by atoms with van der Waals surface area (Å²) in [5.41, 5.74) is 8.84. The van der Waals surface area contributed by atoms with Crippen molar-refractivity contribution in [2.45, 2.75) is 0 Å². The van der Waals surface area contributed by atoms with Crippen molar-refractivity contribution >= 4 is 45.0 Å². The number of ether oxygens (including phenoxy) is 4. The molecule has 0 amide bonds. The van der Waals surface area contributed by atoms with Gasteiger partial charge in [-0.25, -0.2) is 9.97 Å². The van der Waals surface area contributed by atoms with Crippen LogP contribution in [0.5, 0.6) is 11.5 Å². The summed E-state index contributed by atoms with van der Waals surface area (Å²) >= 11 is 6.55. The van der Waals surface area contributed by atoms with Crippen molar-refractivity contribution in [2.24, 2.45) is 0 Å². The molecule has 0 radical (unpaired) electrons. The lowest BCUT2D eigenvalue weighted by molar-refractivity contribution is 0.122. The summed E-state index contributed by atoms with van der Waals surface area (Å²) in [4.78, 5) is 23.7. The normalized spacial score (nSPS) is 14.3. The van der Waals surface area contributed by atoms with Crippen LogP contribution < -0.4 is 19.3 Å². The van der Waals surface area contributed by atoms with Gasteiger partial charge in [0.25, 0.3) is 0 Å². The minimum absolute atomic E-state index is 0.682. The van der Waals surface area contributed by atoms with Crippen molar-refractivity contribution < 1.29 is 18.9 Å². The molecule has 59 heavy (non-hydrogen) atoms. The number of methoxy groups -OCH3 is 2. The van der Waals surface area contributed by atoms with Gasteiger partial charge < -0.3 is 28.7 Å². The number of aromatic amines is 2. The Bertz CT molecular complexity index is 2700. The molecule has 2 aliphatic rings. The lowest BCUT2D eigenvalue weighted by Crippen LogP contribution is -2.36. The maximum Gasteiger partial charge on any atom is 0.130 e. The monoisotopic (exact) mass is 808 g/mol. The summed E-state index contributed by atoms with van der Waals surface area (Å²) in [5, 5.41) is 16.9. The highest BCUT2D eigenvalue weighted by atomic mass is 35.5. The fourth-order valence-corrected chi connectivity index (χ4v) is 7.74. The van der Waals surface area contributed by atoms with Crippen LogP contribution in [-0.4, -0.2) is 107 Å². The van der Waals surface area contributed by atoms with Gasteiger partial charge in [-0.1, -0.05) is 29.8 Å². The number of pyridine rings is 4. The highest BCUT2D eigenvalue weighted by Crippen LogP contribution is 2.41. The lowest BCUT2D eigenvalue weighted by Gasteiger charge is -2.28. The van der Waals surface area contributed by atoms with Crippen LogP contribution in [0.2, 0.25) is 5.02 Å². The van der Waals surface area contributed by atoms with Crippen LogP contribution in [-0.2, 0) is 9.47 Å². The molecule has 0 bridgehead atoms. The number of nitrogens with zero attached hydrogens (tertiary/aromatic N) is 8. The van der Waals surface area contributed by atoms with Gasteiger partial charge in [-0.2, -0.15) is 10.2 Å². The maximum absolute atomic E-state index is 6.55. The van der Waals surface area contributed by atoms with Gasteiger partial charge in [-0.05, 0) is 65.7 Å². The van der Waals surface area contributed by atoms with Crippen molar-refractivity contribution in [3.05, 3.63) is 109 Å². The standard InChI is InChI=1S/C23H23N5O3.C21H18ClN5O/c1-29-15-3-4-16(20(13-15)30-2)18-14-21(28-9-11-31-12-10-28)26-22-17(18)5-7-24-23(22)19-6-8-25-27-19;22-17-4-2-1-3-14(17)16-13-19(27-9-11-28-12-10-27)25-20-15(16)5-7-23-21(20)18-6-8-24-26-18/h3-8,13-14H,9-12H2,1-2H3,(H,25,27);1-8,13H,9-12H2,(H,24,26). The first-order valence-electron chi connectivity index (χ1n) is 19.3. The zero-order chi connectivity index (χ0) is 40.1. The number of rotatable bonds is 8. The maximum atomic E-state index is 6.55. The fourth-order valence-electron chi connectivity index (χ4n) is 7.50. The summed E-state index contributed by atoms with van der Waals surface area (Å²) in [5.74, 6) is 3.27. The van der Waals surface area contributed by atoms with Crippen molar-refractivity contribution in [1.29, 1.82) is 0 Å². The zero-order valence-electron chi connectivity index (χ0n) is 32.6. The number of halogens is 1. The van der Waals surface area contributed by atoms with E-state index < -0.39 is 0 Å². The third-order valence-electron chi connectivity index (χ3n) is 10.5. The van der Waals surface area contributed by atoms with Crippen LogP contribution in [0.15, 0.2) is 104 Å². The summed E-state index contributed by atoms with van der Waals surface area (Å²) in [6.45, 7) is 5.95. The lowest BCUT2D eigenvalue weighted by atomic mass is 9.99. The minimum atomic E-state index is 0.682. The summed E-state index contributed by atoms with van der Waals surface area (Å²) < 4.78 is 22.1. The predicted octanol–water partition coefficient (Wildman–Crippen LogP) is 7.72. The largest absolute Gasteiger partial charge is 0.497 e. The fraction of sp³-hybridized carbons (Fsp3) is 0.227. The molecule has 8 heterocycles. The first kappa shape index (κ1) is 37.9. The molecule has 14 nitrogen and oxygen atoms in total. The number of nitrogens with one attached hydrogen (secondary N) is 2. The van der Waals surface area contributed by atoms with Crippen molar-refractivity contribution in [2.75, 3.05) is 76.6 Å². The van der Waals surface area contributed by atoms with E-state index in [-0.39, 0.29) is 0 Å². The number of benzene rings is 2. The third-order valence-corrected chi connectivity index (χ3v) is 10.8. The van der Waals surface area contributed by atoms with E-state index >= 15 is 0 Å². The Labute approximate surface area is 345 Å². The highest BCUT2D eigenvalue weighted by Gasteiger charge is 2.22. The number of H-pyrrole nitrogens is 2. The molecule has 298 valence electrons. The molecule has 6 aromatic heterocycles. The Morgan fingerprint density at radius 3 is 1.61 bits per heavy atom. The third kappa shape index (κ3) is 7.72. The van der Waals surface area contributed by atoms with Gasteiger partial charge in [0.05, 0.1) is 52.0 Å². The second-order valence-corrected chi connectivity index (χ2v) is 14.3. The van der Waals surface area contributed by atoms with Crippen LogP contribution in [0.3, 0.4) is 0 Å². The molecular weight excluding hydrogens is 768 g/mol. The van der Waals surface area contributed by atoms with E-state index in [0.29, 0.717) is 31.5 Å². The highest BCUT2D eigenvalue weighted by molar-refractivity contribution is 6.33. The van der Waals surface area contributed by atoms with Crippen LogP contribution in [0.4, 0.5) is 11.6 Å². The topological polar surface area (TPSA) is 152 Å². The Kier molecular flexibility index (Phi) is 11.0. The zero-order valence-corrected chi connectivity index (χ0v) is 33.3. The minimum Gasteiger partial charge on any atom is -0.497 e. The van der Waals surface area contributed by atoms with Gasteiger partial charge in [-0.3, -0.25) is 20.2 Å². The van der Waals surface area contributed by atoms with E-state index in [1.807, 2.05) is 66.7 Å². The first-order chi connectivity index (χ1) is 29.1. The van der Waals surface area contributed by atoms with Gasteiger partial charge in [0.2, 0.25) is 0 Å². The van der Waals surface area contributed by atoms with Gasteiger partial charge in [0.1, 0.15) is 45.6 Å². The average molecular weight is 809 g/mol. The predicted molar refractivity (Wildman–Crippen MR) is 229 cm³/mol. The Balaban J connectivity index is 0.000000153. The summed E-state index contributed by atoms with van der Waals surface area (Å²) in [7, 11) is 3.32. The van der Waals surface area contributed by atoms with Crippen molar-refractivity contribution in [3.63, 3.8) is 0 Å². The van der Waals surface area contributed by atoms with Gasteiger partial charge in [-0.15, -0.1) is 0 Å². The molecular formula is C44H41ClN10O4. The van der Waals surface area contributed by atoms with E-state index in [0.717, 1.165) is 116 Å². The molecule has 2 aliphatic heterocycles. The van der Waals surface area contributed by atoms with E-state index in [1.54, 1.807) is 39.0 Å². The molecule has 10 rings (SSSR count). The van der Waals surface area contributed by atoms with Crippen molar-refractivity contribution in [3.8, 4) is 56.5 Å².